The van der Waals surface area contributed by atoms with Crippen molar-refractivity contribution in [2.24, 2.45) is 0 Å². The predicted octanol–water partition coefficient (Wildman–Crippen LogP) is 2.20. The van der Waals surface area contributed by atoms with E-state index in [0.29, 0.717) is 27.4 Å². The molecule has 0 fully saturated rings. The number of anilines is 1. The van der Waals surface area contributed by atoms with Crippen molar-refractivity contribution in [1.82, 2.24) is 35.9 Å². The highest BCUT2D eigenvalue weighted by molar-refractivity contribution is 7.99. The fourth-order valence-electron chi connectivity index (χ4n) is 4.15. The van der Waals surface area contributed by atoms with Gasteiger partial charge in [-0.25, -0.2) is 14.2 Å². The number of amides is 1. The molecule has 0 unspecified atom stereocenters. The normalized spacial score (nSPS) is 11.7. The van der Waals surface area contributed by atoms with Gasteiger partial charge in [0, 0.05) is 12.3 Å². The molecule has 14 heteroatoms. The number of aliphatic carboxylic acids is 1. The number of nitrogens with one attached hydrogen (secondary N) is 3. The Morgan fingerprint density at radius 3 is 2.80 bits per heavy atom. The number of tetrazole rings is 1. The van der Waals surface area contributed by atoms with E-state index in [4.69, 9.17) is 6.42 Å². The standard InChI is InChI=1S/C26H25FN8O4S/c1-4-9-35(13-16-12-18-21(11-14(16)2)28-15(3)29-24(18)37)22-17(6-5-7-19(22)27)23(36)30-20(25(38)39)8-10-40-26-31-33-34-32-26/h1,5-7,11-12,20H,8-10,13H2,2-3H3,(H,30,36)(H,38,39)(H,28,29,37)(H,31,32,33,34)/t20-/m0/s1. The molecule has 12 nitrogen and oxygen atoms in total. The molecule has 4 N–H and O–H groups in total. The molecule has 1 atom stereocenters. The van der Waals surface area contributed by atoms with Crippen molar-refractivity contribution in [3.63, 3.8) is 0 Å². The lowest BCUT2D eigenvalue weighted by atomic mass is 10.0. The minimum Gasteiger partial charge on any atom is -0.480 e. The number of carboxylic acid groups (broad SMARTS) is 1. The van der Waals surface area contributed by atoms with Gasteiger partial charge >= 0.3 is 5.97 Å². The van der Waals surface area contributed by atoms with Crippen LogP contribution in [0.2, 0.25) is 0 Å². The second-order valence-corrected chi connectivity index (χ2v) is 9.90. The van der Waals surface area contributed by atoms with E-state index >= 15 is 4.39 Å². The van der Waals surface area contributed by atoms with Crippen molar-refractivity contribution in [1.29, 1.82) is 0 Å². The van der Waals surface area contributed by atoms with E-state index in [9.17, 15) is 19.5 Å². The molecular formula is C26H25FN8O4S. The number of aromatic amines is 2. The van der Waals surface area contributed by atoms with Crippen LogP contribution in [0.3, 0.4) is 0 Å². The maximum Gasteiger partial charge on any atom is 0.326 e. The zero-order chi connectivity index (χ0) is 28.8. The Morgan fingerprint density at radius 1 is 1.30 bits per heavy atom. The van der Waals surface area contributed by atoms with Crippen LogP contribution in [0.5, 0.6) is 0 Å². The molecule has 4 rings (SSSR count). The Bertz CT molecular complexity index is 1650. The number of fused-ring (bicyclic) bond motifs is 1. The highest BCUT2D eigenvalue weighted by Gasteiger charge is 2.26. The number of carboxylic acids is 1. The Balaban J connectivity index is 1.62. The number of aromatic nitrogens is 6. The summed E-state index contributed by atoms with van der Waals surface area (Å²) >= 11 is 1.17. The third-order valence-electron chi connectivity index (χ3n) is 6.04. The zero-order valence-electron chi connectivity index (χ0n) is 21.6. The fourth-order valence-corrected chi connectivity index (χ4v) is 4.89. The third kappa shape index (κ3) is 6.44. The number of aryl methyl sites for hydroxylation is 2. The molecule has 40 heavy (non-hydrogen) atoms. The van der Waals surface area contributed by atoms with Gasteiger partial charge in [-0.2, -0.15) is 5.21 Å². The van der Waals surface area contributed by atoms with Gasteiger partial charge < -0.3 is 20.3 Å². The van der Waals surface area contributed by atoms with Crippen molar-refractivity contribution in [3.8, 4) is 12.3 Å². The molecule has 206 valence electrons. The number of hydrogen-bond acceptors (Lipinski definition) is 9. The Hall–Kier alpha value is -4.77. The second kappa shape index (κ2) is 12.4. The molecule has 0 aliphatic carbocycles. The summed E-state index contributed by atoms with van der Waals surface area (Å²) in [6, 6.07) is 6.13. The lowest BCUT2D eigenvalue weighted by Gasteiger charge is -2.27. The molecule has 0 spiro atoms. The average molecular weight is 565 g/mol. The summed E-state index contributed by atoms with van der Waals surface area (Å²) in [5.74, 6) is 0.511. The maximum atomic E-state index is 15.3. The first-order valence-electron chi connectivity index (χ1n) is 12.0. The summed E-state index contributed by atoms with van der Waals surface area (Å²) in [5, 5.41) is 26.2. The number of nitrogens with zero attached hydrogens (tertiary/aromatic N) is 5. The van der Waals surface area contributed by atoms with Gasteiger partial charge in [0.25, 0.3) is 11.5 Å². The van der Waals surface area contributed by atoms with E-state index in [1.54, 1.807) is 19.1 Å². The average Bonchev–Trinajstić information content (AvgIpc) is 3.42. The molecule has 2 aromatic heterocycles. The highest BCUT2D eigenvalue weighted by Crippen LogP contribution is 2.28. The van der Waals surface area contributed by atoms with Crippen LogP contribution >= 0.6 is 11.8 Å². The summed E-state index contributed by atoms with van der Waals surface area (Å²) < 4.78 is 15.3. The van der Waals surface area contributed by atoms with Gasteiger partial charge in [-0.1, -0.05) is 23.7 Å². The number of thioether (sulfide) groups is 1. The number of benzene rings is 2. The number of carbonyl (C=O) groups excluding carboxylic acids is 1. The summed E-state index contributed by atoms with van der Waals surface area (Å²) in [6.07, 6.45) is 5.66. The quantitative estimate of drug-likeness (QED) is 0.156. The molecule has 0 aliphatic rings. The molecule has 0 radical (unpaired) electrons. The van der Waals surface area contributed by atoms with Gasteiger partial charge in [0.1, 0.15) is 17.7 Å². The van der Waals surface area contributed by atoms with Crippen LogP contribution in [0.15, 0.2) is 40.3 Å². The molecule has 4 aromatic rings. The molecule has 0 bridgehead atoms. The number of hydrogen-bond donors (Lipinski definition) is 4. The Morgan fingerprint density at radius 2 is 2.10 bits per heavy atom. The van der Waals surface area contributed by atoms with E-state index < -0.39 is 23.7 Å². The summed E-state index contributed by atoms with van der Waals surface area (Å²) in [5.41, 5.74) is 1.51. The molecular weight excluding hydrogens is 539 g/mol. The third-order valence-corrected chi connectivity index (χ3v) is 6.91. The van der Waals surface area contributed by atoms with Crippen LogP contribution in [0, 0.1) is 32.0 Å². The monoisotopic (exact) mass is 564 g/mol. The van der Waals surface area contributed by atoms with Crippen molar-refractivity contribution in [2.45, 2.75) is 38.0 Å². The molecule has 0 saturated heterocycles. The molecule has 2 aromatic carbocycles. The van der Waals surface area contributed by atoms with Gasteiger partial charge in [-0.3, -0.25) is 9.59 Å². The molecule has 2 heterocycles. The van der Waals surface area contributed by atoms with Gasteiger partial charge in [0.15, 0.2) is 0 Å². The molecule has 1 amide bonds. The number of carbonyl (C=O) groups is 2. The van der Waals surface area contributed by atoms with Crippen LogP contribution in [0.4, 0.5) is 10.1 Å². The van der Waals surface area contributed by atoms with Crippen molar-refractivity contribution in [3.05, 3.63) is 69.0 Å². The van der Waals surface area contributed by atoms with Gasteiger partial charge in [-0.15, -0.1) is 16.6 Å². The van der Waals surface area contributed by atoms with Crippen LogP contribution in [-0.4, -0.2) is 65.9 Å². The summed E-state index contributed by atoms with van der Waals surface area (Å²) in [6.45, 7) is 3.53. The first-order valence-corrected chi connectivity index (χ1v) is 13.0. The van der Waals surface area contributed by atoms with Crippen LogP contribution in [0.25, 0.3) is 10.9 Å². The lowest BCUT2D eigenvalue weighted by Crippen LogP contribution is -2.42. The van der Waals surface area contributed by atoms with Crippen LogP contribution in [0.1, 0.15) is 33.7 Å². The van der Waals surface area contributed by atoms with Gasteiger partial charge in [0.2, 0.25) is 5.16 Å². The largest absolute Gasteiger partial charge is 0.480 e. The Labute approximate surface area is 231 Å². The van der Waals surface area contributed by atoms with Crippen molar-refractivity contribution >= 4 is 40.2 Å². The zero-order valence-corrected chi connectivity index (χ0v) is 22.4. The number of H-pyrrole nitrogens is 2. The van der Waals surface area contributed by atoms with Crippen LogP contribution < -0.4 is 15.8 Å². The van der Waals surface area contributed by atoms with E-state index in [1.165, 1.54) is 34.9 Å². The first-order chi connectivity index (χ1) is 19.2. The lowest BCUT2D eigenvalue weighted by molar-refractivity contribution is -0.139. The van der Waals surface area contributed by atoms with Crippen molar-refractivity contribution in [2.75, 3.05) is 17.2 Å². The van der Waals surface area contributed by atoms with E-state index in [2.05, 4.69) is 41.8 Å². The highest BCUT2D eigenvalue weighted by atomic mass is 32.2. The van der Waals surface area contributed by atoms with E-state index in [-0.39, 0.29) is 42.1 Å². The minimum absolute atomic E-state index is 0.0529. The number of para-hydroxylation sites is 1. The first kappa shape index (κ1) is 28.2. The van der Waals surface area contributed by atoms with E-state index in [0.717, 1.165) is 5.56 Å². The van der Waals surface area contributed by atoms with Crippen molar-refractivity contribution < 1.29 is 19.1 Å². The summed E-state index contributed by atoms with van der Waals surface area (Å²) in [7, 11) is 0. The molecule has 0 aliphatic heterocycles. The SMILES string of the molecule is C#CCN(Cc1cc2c(=O)[nH]c(C)nc2cc1C)c1c(F)cccc1C(=O)N[C@@H](CCSc1nn[nH]n1)C(=O)O. The topological polar surface area (TPSA) is 170 Å². The number of terminal acetylenes is 1. The predicted molar refractivity (Wildman–Crippen MR) is 147 cm³/mol. The smallest absolute Gasteiger partial charge is 0.326 e. The van der Waals surface area contributed by atoms with E-state index in [1.807, 2.05) is 6.92 Å². The van der Waals surface area contributed by atoms with Gasteiger partial charge in [0.05, 0.1) is 28.7 Å². The second-order valence-electron chi connectivity index (χ2n) is 8.84. The summed E-state index contributed by atoms with van der Waals surface area (Å²) in [4.78, 5) is 46.2. The Kier molecular flexibility index (Phi) is 8.75. The number of halogens is 1. The van der Waals surface area contributed by atoms with Gasteiger partial charge in [-0.05, 0) is 60.9 Å². The fraction of sp³-hybridized carbons (Fsp3) is 0.269. The van der Waals surface area contributed by atoms with Crippen LogP contribution in [-0.2, 0) is 11.3 Å². The maximum absolute atomic E-state index is 15.3. The molecule has 0 saturated carbocycles. The minimum atomic E-state index is -1.26. The number of rotatable bonds is 11.